The molecule has 0 aliphatic carbocycles. The lowest BCUT2D eigenvalue weighted by Gasteiger charge is -2.26. The molecule has 1 aromatic rings. The minimum absolute atomic E-state index is 0.112. The molecule has 0 spiro atoms. The Bertz CT molecular complexity index is 576. The molecule has 0 bridgehead atoms. The molecule has 0 unspecified atom stereocenters. The van der Waals surface area contributed by atoms with E-state index in [0.717, 1.165) is 12.1 Å². The summed E-state index contributed by atoms with van der Waals surface area (Å²) in [6.07, 6.45) is -6.00. The number of nitrogens with two attached hydrogens (primary N) is 1. The molecule has 1 amide bonds. The monoisotopic (exact) mass is 353 g/mol. The van der Waals surface area contributed by atoms with Gasteiger partial charge in [-0.1, -0.05) is 0 Å². The number of aromatic nitrogens is 1. The highest BCUT2D eigenvalue weighted by Gasteiger charge is 2.35. The zero-order valence-corrected chi connectivity index (χ0v) is 13.8. The van der Waals surface area contributed by atoms with Crippen molar-refractivity contribution in [3.8, 4) is 5.88 Å². The van der Waals surface area contributed by atoms with E-state index in [1.54, 1.807) is 20.8 Å². The average Bonchev–Trinajstić information content (AvgIpc) is 2.35. The summed E-state index contributed by atoms with van der Waals surface area (Å²) in [5.74, 6) is -0.572. The lowest BCUT2D eigenvalue weighted by molar-refractivity contribution is -0.141. The second kappa shape index (κ2) is 6.93. The van der Waals surface area contributed by atoms with Crippen molar-refractivity contribution in [3.05, 3.63) is 23.4 Å². The molecule has 2 atom stereocenters. The fraction of sp³-hybridized carbons (Fsp3) is 0.538. The Morgan fingerprint density at radius 3 is 2.39 bits per heavy atom. The Morgan fingerprint density at radius 2 is 1.96 bits per heavy atom. The Labute approximate surface area is 134 Å². The minimum Gasteiger partial charge on any atom is -0.598 e. The number of halogens is 3. The minimum atomic E-state index is -4.73. The van der Waals surface area contributed by atoms with Crippen LogP contribution in [0.5, 0.6) is 5.88 Å². The van der Waals surface area contributed by atoms with E-state index in [1.807, 2.05) is 0 Å². The number of rotatable bonds is 4. The van der Waals surface area contributed by atoms with Crippen LogP contribution >= 0.6 is 0 Å². The van der Waals surface area contributed by atoms with Crippen LogP contribution < -0.4 is 15.2 Å². The van der Waals surface area contributed by atoms with Gasteiger partial charge >= 0.3 is 12.3 Å². The summed E-state index contributed by atoms with van der Waals surface area (Å²) in [5, 5.41) is 0. The van der Waals surface area contributed by atoms with Gasteiger partial charge in [-0.3, -0.25) is 0 Å². The van der Waals surface area contributed by atoms with Crippen LogP contribution in [0.25, 0.3) is 0 Å². The van der Waals surface area contributed by atoms with Crippen LogP contribution in [0.4, 0.5) is 18.0 Å². The van der Waals surface area contributed by atoms with Gasteiger partial charge in [-0.2, -0.15) is 13.2 Å². The number of carbonyl (C=O) groups is 1. The highest BCUT2D eigenvalue weighted by molar-refractivity contribution is 7.90. The Kier molecular flexibility index (Phi) is 5.89. The molecule has 0 saturated heterocycles. The van der Waals surface area contributed by atoms with Gasteiger partial charge in [0.05, 0.1) is 6.04 Å². The number of primary amides is 1. The van der Waals surface area contributed by atoms with Gasteiger partial charge in [0.15, 0.2) is 0 Å². The predicted molar refractivity (Wildman–Crippen MR) is 78.9 cm³/mol. The van der Waals surface area contributed by atoms with E-state index in [2.05, 4.69) is 14.4 Å². The number of nitrogens with one attached hydrogen (secondary N) is 1. The number of hydrogen-bond acceptors (Lipinski definition) is 5. The highest BCUT2D eigenvalue weighted by atomic mass is 32.2. The normalized spacial score (nSPS) is 15.1. The molecule has 1 aromatic heterocycles. The first-order chi connectivity index (χ1) is 10.3. The summed E-state index contributed by atoms with van der Waals surface area (Å²) in [6, 6.07) is 1.23. The van der Waals surface area contributed by atoms with E-state index < -0.39 is 46.0 Å². The van der Waals surface area contributed by atoms with Gasteiger partial charge in [0.1, 0.15) is 10.4 Å². The zero-order chi connectivity index (χ0) is 18.0. The van der Waals surface area contributed by atoms with Crippen molar-refractivity contribution in [3.63, 3.8) is 0 Å². The third-order valence-electron chi connectivity index (χ3n) is 2.66. The summed E-state index contributed by atoms with van der Waals surface area (Å²) in [6.45, 7) is 6.70. The number of nitrogens with zero attached hydrogens (tertiary/aromatic N) is 1. The third-order valence-corrected chi connectivity index (χ3v) is 4.34. The number of hydrogen-bond donors (Lipinski definition) is 2. The summed E-state index contributed by atoms with van der Waals surface area (Å²) in [7, 11) is 0. The second-order valence-corrected chi connectivity index (χ2v) is 7.76. The molecule has 0 aliphatic rings. The third kappa shape index (κ3) is 5.88. The fourth-order valence-electron chi connectivity index (χ4n) is 1.48. The first kappa shape index (κ1) is 19.5. The van der Waals surface area contributed by atoms with Crippen LogP contribution in [0.1, 0.15) is 45.0 Å². The molecule has 10 heteroatoms. The zero-order valence-electron chi connectivity index (χ0n) is 13.0. The smallest absolute Gasteiger partial charge is 0.433 e. The van der Waals surface area contributed by atoms with Crippen molar-refractivity contribution in [2.24, 2.45) is 5.73 Å². The molecular weight excluding hydrogens is 335 g/mol. The summed E-state index contributed by atoms with van der Waals surface area (Å²) >= 11 is -1.50. The van der Waals surface area contributed by atoms with Crippen molar-refractivity contribution >= 4 is 17.5 Å². The van der Waals surface area contributed by atoms with Gasteiger partial charge in [0, 0.05) is 17.4 Å². The van der Waals surface area contributed by atoms with Gasteiger partial charge < -0.3 is 15.0 Å². The fourth-order valence-corrected chi connectivity index (χ4v) is 2.29. The van der Waals surface area contributed by atoms with Gasteiger partial charge in [-0.25, -0.2) is 9.78 Å². The maximum Gasteiger partial charge on any atom is 0.433 e. The number of pyridine rings is 1. The van der Waals surface area contributed by atoms with E-state index >= 15 is 0 Å². The highest BCUT2D eigenvalue weighted by Crippen LogP contribution is 2.32. The largest absolute Gasteiger partial charge is 0.598 e. The molecule has 130 valence electrons. The van der Waals surface area contributed by atoms with Gasteiger partial charge in [0.2, 0.25) is 5.88 Å². The molecule has 1 heterocycles. The average molecular weight is 353 g/mol. The second-order valence-electron chi connectivity index (χ2n) is 5.76. The van der Waals surface area contributed by atoms with Crippen LogP contribution in [-0.4, -0.2) is 20.4 Å². The predicted octanol–water partition coefficient (Wildman–Crippen LogP) is 2.67. The lowest BCUT2D eigenvalue weighted by Crippen LogP contribution is -2.40. The van der Waals surface area contributed by atoms with Crippen LogP contribution in [0.2, 0.25) is 0 Å². The maximum absolute atomic E-state index is 12.9. The van der Waals surface area contributed by atoms with Crippen molar-refractivity contribution in [2.75, 3.05) is 0 Å². The van der Waals surface area contributed by atoms with E-state index in [1.165, 1.54) is 6.92 Å². The molecule has 0 radical (unpaired) electrons. The van der Waals surface area contributed by atoms with Gasteiger partial charge in [-0.05, 0) is 39.3 Å². The Balaban J connectivity index is 3.16. The standard InChI is InChI=1S/C13H18F3N3O3S/c1-7(19-23(21)12(2,3)4)8-5-9(13(14,15)16)18-10(6-8)22-11(17)20/h5-7,19H,1-4H3,(H2,17,20)/t7-,23+/m0/s1. The topological polar surface area (TPSA) is 100 Å². The molecule has 6 nitrogen and oxygen atoms in total. The SMILES string of the molecule is C[C@H](N[S@+]([O-])C(C)(C)C)c1cc(OC(N)=O)nc(C(F)(F)F)c1. The summed E-state index contributed by atoms with van der Waals surface area (Å²) in [4.78, 5) is 13.9. The van der Waals surface area contributed by atoms with Crippen LogP contribution in [0.15, 0.2) is 12.1 Å². The molecule has 0 saturated carbocycles. The molecule has 0 fully saturated rings. The Hall–Kier alpha value is -1.52. The van der Waals surface area contributed by atoms with Crippen LogP contribution in [0.3, 0.4) is 0 Å². The molecular formula is C13H18F3N3O3S. The molecule has 0 aromatic carbocycles. The number of carbonyl (C=O) groups excluding carboxylic acids is 1. The Morgan fingerprint density at radius 1 is 1.39 bits per heavy atom. The van der Waals surface area contributed by atoms with Crippen molar-refractivity contribution in [1.29, 1.82) is 0 Å². The first-order valence-electron chi connectivity index (χ1n) is 6.55. The van der Waals surface area contributed by atoms with Crippen molar-refractivity contribution < 1.29 is 27.3 Å². The van der Waals surface area contributed by atoms with Crippen molar-refractivity contribution in [2.45, 2.75) is 44.7 Å². The molecule has 1 rings (SSSR count). The number of alkyl halides is 3. The summed E-state index contributed by atoms with van der Waals surface area (Å²) < 4.78 is 57.2. The maximum atomic E-state index is 12.9. The van der Waals surface area contributed by atoms with Crippen LogP contribution in [0, 0.1) is 0 Å². The van der Waals surface area contributed by atoms with Gasteiger partial charge in [0.25, 0.3) is 0 Å². The number of ether oxygens (including phenoxy) is 1. The first-order valence-corrected chi connectivity index (χ1v) is 7.70. The summed E-state index contributed by atoms with van der Waals surface area (Å²) in [5.41, 5.74) is 3.68. The van der Waals surface area contributed by atoms with E-state index in [9.17, 15) is 22.5 Å². The lowest BCUT2D eigenvalue weighted by atomic mass is 10.1. The van der Waals surface area contributed by atoms with Gasteiger partial charge in [-0.15, -0.1) is 4.72 Å². The quantitative estimate of drug-likeness (QED) is 0.811. The van der Waals surface area contributed by atoms with Crippen LogP contribution in [-0.2, 0) is 17.5 Å². The molecule has 0 aliphatic heterocycles. The van der Waals surface area contributed by atoms with E-state index in [4.69, 9.17) is 5.73 Å². The van der Waals surface area contributed by atoms with E-state index in [0.29, 0.717) is 0 Å². The van der Waals surface area contributed by atoms with E-state index in [-0.39, 0.29) is 5.56 Å². The molecule has 3 N–H and O–H groups in total. The van der Waals surface area contributed by atoms with Crippen molar-refractivity contribution in [1.82, 2.24) is 9.71 Å². The number of amides is 1. The molecule has 23 heavy (non-hydrogen) atoms.